The zero-order chi connectivity index (χ0) is 21.0. The van der Waals surface area contributed by atoms with Crippen molar-refractivity contribution in [1.82, 2.24) is 4.90 Å². The highest BCUT2D eigenvalue weighted by Crippen LogP contribution is 2.34. The minimum absolute atomic E-state index is 0.106. The Kier molecular flexibility index (Phi) is 6.10. The number of hydrazone groups is 1. The topological polar surface area (TPSA) is 137 Å². The molecule has 9 nitrogen and oxygen atoms in total. The summed E-state index contributed by atoms with van der Waals surface area (Å²) in [6.07, 6.45) is 0. The SMILES string of the molecule is CN(C)CC1=NN(c2ccccc2)C(=N)C1=Nc1cc(OCCO)c(N)cc1N. The van der Waals surface area contributed by atoms with E-state index in [2.05, 4.69) is 10.1 Å². The number of para-hydroxylation sites is 1. The van der Waals surface area contributed by atoms with Crippen molar-refractivity contribution >= 4 is 40.0 Å². The van der Waals surface area contributed by atoms with E-state index in [1.807, 2.05) is 49.3 Å². The number of anilines is 3. The van der Waals surface area contributed by atoms with E-state index in [9.17, 15) is 0 Å². The Hall–Kier alpha value is -3.43. The first-order valence-electron chi connectivity index (χ1n) is 9.08. The first kappa shape index (κ1) is 20.3. The van der Waals surface area contributed by atoms with Crippen molar-refractivity contribution in [3.05, 3.63) is 42.5 Å². The maximum absolute atomic E-state index is 8.99. The van der Waals surface area contributed by atoms with Gasteiger partial charge in [-0.3, -0.25) is 5.41 Å². The zero-order valence-electron chi connectivity index (χ0n) is 16.5. The fraction of sp³-hybridized carbons (Fsp3) is 0.250. The summed E-state index contributed by atoms with van der Waals surface area (Å²) in [5, 5.41) is 23.8. The van der Waals surface area contributed by atoms with E-state index in [1.165, 1.54) is 0 Å². The summed E-state index contributed by atoms with van der Waals surface area (Å²) in [5.74, 6) is 0.533. The van der Waals surface area contributed by atoms with Crippen molar-refractivity contribution in [3.63, 3.8) is 0 Å². The second-order valence-corrected chi connectivity index (χ2v) is 6.76. The summed E-state index contributed by atoms with van der Waals surface area (Å²) >= 11 is 0. The second kappa shape index (κ2) is 8.72. The largest absolute Gasteiger partial charge is 0.489 e. The number of ether oxygens (including phenoxy) is 1. The average Bonchev–Trinajstić information content (AvgIpc) is 2.98. The van der Waals surface area contributed by atoms with Gasteiger partial charge in [0.05, 0.1) is 29.4 Å². The van der Waals surface area contributed by atoms with Gasteiger partial charge in [-0.25, -0.2) is 10.0 Å². The molecule has 0 amide bonds. The third-order valence-electron chi connectivity index (χ3n) is 4.14. The first-order valence-corrected chi connectivity index (χ1v) is 9.08. The molecular formula is C20H25N7O2. The minimum atomic E-state index is -0.135. The van der Waals surface area contributed by atoms with Crippen LogP contribution < -0.4 is 21.2 Å². The predicted molar refractivity (Wildman–Crippen MR) is 118 cm³/mol. The minimum Gasteiger partial charge on any atom is -0.489 e. The molecule has 0 fully saturated rings. The van der Waals surface area contributed by atoms with Crippen LogP contribution in [0.15, 0.2) is 52.6 Å². The molecule has 2 aromatic rings. The van der Waals surface area contributed by atoms with Crippen LogP contribution in [-0.4, -0.2) is 61.1 Å². The number of benzene rings is 2. The van der Waals surface area contributed by atoms with Crippen molar-refractivity contribution in [1.29, 1.82) is 5.41 Å². The van der Waals surface area contributed by atoms with Crippen molar-refractivity contribution in [2.75, 3.05) is 50.3 Å². The molecular weight excluding hydrogens is 370 g/mol. The molecule has 0 radical (unpaired) electrons. The van der Waals surface area contributed by atoms with E-state index >= 15 is 0 Å². The van der Waals surface area contributed by atoms with Gasteiger partial charge in [-0.15, -0.1) is 0 Å². The van der Waals surface area contributed by atoms with Gasteiger partial charge in [0.25, 0.3) is 0 Å². The molecule has 6 N–H and O–H groups in total. The number of aliphatic hydroxyl groups is 1. The van der Waals surface area contributed by atoms with Gasteiger partial charge in [-0.05, 0) is 32.3 Å². The third-order valence-corrected chi connectivity index (χ3v) is 4.14. The molecule has 0 spiro atoms. The predicted octanol–water partition coefficient (Wildman–Crippen LogP) is 1.71. The normalized spacial score (nSPS) is 15.3. The van der Waals surface area contributed by atoms with Crippen molar-refractivity contribution in [2.45, 2.75) is 0 Å². The Balaban J connectivity index is 2.02. The molecule has 1 aliphatic rings. The molecule has 0 saturated carbocycles. The van der Waals surface area contributed by atoms with Crippen LogP contribution in [0.4, 0.5) is 22.7 Å². The average molecular weight is 395 g/mol. The zero-order valence-corrected chi connectivity index (χ0v) is 16.5. The van der Waals surface area contributed by atoms with Gasteiger partial charge in [0.15, 0.2) is 5.84 Å². The highest BCUT2D eigenvalue weighted by molar-refractivity contribution is 6.73. The molecule has 3 rings (SSSR count). The summed E-state index contributed by atoms with van der Waals surface area (Å²) < 4.78 is 5.45. The van der Waals surface area contributed by atoms with Crippen LogP contribution in [0.1, 0.15) is 0 Å². The van der Waals surface area contributed by atoms with Gasteiger partial charge >= 0.3 is 0 Å². The Morgan fingerprint density at radius 3 is 2.55 bits per heavy atom. The number of aliphatic imine (C=N–C) groups is 1. The van der Waals surface area contributed by atoms with Crippen molar-refractivity contribution < 1.29 is 9.84 Å². The fourth-order valence-electron chi connectivity index (χ4n) is 2.84. The molecule has 1 aliphatic heterocycles. The van der Waals surface area contributed by atoms with Gasteiger partial charge in [-0.2, -0.15) is 5.10 Å². The summed E-state index contributed by atoms with van der Waals surface area (Å²) in [7, 11) is 3.85. The number of nitrogen functional groups attached to an aromatic ring is 2. The number of hydrogen-bond acceptors (Lipinski definition) is 8. The molecule has 0 atom stereocenters. The molecule has 152 valence electrons. The van der Waals surface area contributed by atoms with Gasteiger partial charge in [-0.1, -0.05) is 18.2 Å². The number of nitrogens with zero attached hydrogens (tertiary/aromatic N) is 4. The van der Waals surface area contributed by atoms with Crippen LogP contribution in [0.2, 0.25) is 0 Å². The molecule has 0 aromatic heterocycles. The van der Waals surface area contributed by atoms with E-state index in [0.717, 1.165) is 5.69 Å². The van der Waals surface area contributed by atoms with Crippen molar-refractivity contribution in [3.8, 4) is 5.75 Å². The lowest BCUT2D eigenvalue weighted by atomic mass is 10.2. The number of nitrogens with one attached hydrogen (secondary N) is 1. The Bertz CT molecular complexity index is 955. The number of rotatable bonds is 7. The van der Waals surface area contributed by atoms with Gasteiger partial charge in [0.1, 0.15) is 23.8 Å². The van der Waals surface area contributed by atoms with E-state index < -0.39 is 0 Å². The summed E-state index contributed by atoms with van der Waals surface area (Å²) in [6.45, 7) is 0.479. The van der Waals surface area contributed by atoms with Gasteiger partial charge in [0, 0.05) is 12.6 Å². The van der Waals surface area contributed by atoms with Gasteiger partial charge in [0.2, 0.25) is 0 Å². The number of hydrogen-bond donors (Lipinski definition) is 4. The van der Waals surface area contributed by atoms with Crippen LogP contribution in [-0.2, 0) is 0 Å². The number of amidine groups is 1. The van der Waals surface area contributed by atoms with Crippen LogP contribution >= 0.6 is 0 Å². The molecule has 9 heteroatoms. The number of aliphatic hydroxyl groups excluding tert-OH is 1. The standard InChI is InChI=1S/C20H25N7O2/c1-26(2)12-17-19(20(23)27(25-17)13-6-4-3-5-7-13)24-16-11-18(29-9-8-28)15(22)10-14(16)21/h3-7,10-11,23,28H,8-9,12,21-22H2,1-2H3. The smallest absolute Gasteiger partial charge is 0.174 e. The van der Waals surface area contributed by atoms with E-state index in [-0.39, 0.29) is 19.0 Å². The second-order valence-electron chi connectivity index (χ2n) is 6.76. The maximum atomic E-state index is 8.99. The number of nitrogens with two attached hydrogens (primary N) is 2. The van der Waals surface area contributed by atoms with E-state index in [0.29, 0.717) is 40.8 Å². The lowest BCUT2D eigenvalue weighted by molar-refractivity contribution is 0.202. The highest BCUT2D eigenvalue weighted by Gasteiger charge is 2.30. The van der Waals surface area contributed by atoms with Crippen LogP contribution in [0, 0.1) is 5.41 Å². The molecule has 2 aromatic carbocycles. The summed E-state index contributed by atoms with van der Waals surface area (Å²) in [6, 6.07) is 12.6. The lowest BCUT2D eigenvalue weighted by Gasteiger charge is -2.14. The molecule has 1 heterocycles. The molecule has 0 unspecified atom stereocenters. The van der Waals surface area contributed by atoms with Crippen LogP contribution in [0.3, 0.4) is 0 Å². The summed E-state index contributed by atoms with van der Waals surface area (Å²) in [5.41, 5.74) is 15.0. The summed E-state index contributed by atoms with van der Waals surface area (Å²) in [4.78, 5) is 6.59. The van der Waals surface area contributed by atoms with E-state index in [1.54, 1.807) is 17.1 Å². The van der Waals surface area contributed by atoms with Crippen LogP contribution in [0.5, 0.6) is 5.75 Å². The molecule has 29 heavy (non-hydrogen) atoms. The third kappa shape index (κ3) is 4.53. The Labute approximate surface area is 169 Å². The Morgan fingerprint density at radius 1 is 1.17 bits per heavy atom. The monoisotopic (exact) mass is 395 g/mol. The lowest BCUT2D eigenvalue weighted by Crippen LogP contribution is -2.31. The molecule has 0 bridgehead atoms. The maximum Gasteiger partial charge on any atom is 0.174 e. The van der Waals surface area contributed by atoms with Crippen molar-refractivity contribution in [2.24, 2.45) is 10.1 Å². The fourth-order valence-corrected chi connectivity index (χ4v) is 2.84. The highest BCUT2D eigenvalue weighted by atomic mass is 16.5. The van der Waals surface area contributed by atoms with E-state index in [4.69, 9.17) is 26.7 Å². The quantitative estimate of drug-likeness (QED) is 0.527. The van der Waals surface area contributed by atoms with Crippen LogP contribution in [0.25, 0.3) is 0 Å². The molecule has 0 aliphatic carbocycles. The van der Waals surface area contributed by atoms with Gasteiger partial charge < -0.3 is 26.2 Å². The Morgan fingerprint density at radius 2 is 1.90 bits per heavy atom. The first-order chi connectivity index (χ1) is 13.9. The molecule has 0 saturated heterocycles.